The number of nitrogens with one attached hydrogen (secondary N) is 1. The van der Waals surface area contributed by atoms with Crippen molar-refractivity contribution in [1.82, 2.24) is 4.98 Å². The van der Waals surface area contributed by atoms with Crippen LogP contribution in [0, 0.1) is 11.8 Å². The Hall–Kier alpha value is -1.17. The molecule has 1 heterocycles. The molecule has 4 nitrogen and oxygen atoms in total. The Morgan fingerprint density at radius 1 is 1.43 bits per heavy atom. The number of carbonyl (C=O) groups excluding carboxylic acids is 1. The highest BCUT2D eigenvalue weighted by molar-refractivity contribution is 7.18. The number of hydrogen-bond donors (Lipinski definition) is 2. The summed E-state index contributed by atoms with van der Waals surface area (Å²) in [7, 11) is 0. The second-order valence-corrected chi connectivity index (χ2v) is 7.47. The zero-order valence-corrected chi connectivity index (χ0v) is 15.2. The Balaban J connectivity index is 0.00000192. The van der Waals surface area contributed by atoms with Crippen LogP contribution in [0.1, 0.15) is 44.0 Å². The van der Waals surface area contributed by atoms with E-state index in [9.17, 15) is 4.79 Å². The van der Waals surface area contributed by atoms with E-state index in [-0.39, 0.29) is 24.2 Å². The summed E-state index contributed by atoms with van der Waals surface area (Å²) in [6.45, 7) is 4.89. The summed E-state index contributed by atoms with van der Waals surface area (Å²) < 4.78 is 1.13. The van der Waals surface area contributed by atoms with Crippen LogP contribution >= 0.6 is 23.7 Å². The number of benzene rings is 1. The van der Waals surface area contributed by atoms with Crippen LogP contribution in [0.15, 0.2) is 18.2 Å². The highest BCUT2D eigenvalue weighted by Gasteiger charge is 2.31. The number of carbonyl (C=O) groups is 1. The lowest BCUT2D eigenvalue weighted by atomic mass is 9.95. The molecular weight excluding hydrogens is 330 g/mol. The Labute approximate surface area is 147 Å². The summed E-state index contributed by atoms with van der Waals surface area (Å²) in [5.74, 6) is 0.938. The topological polar surface area (TPSA) is 68.0 Å². The molecular formula is C17H24ClN3OS. The van der Waals surface area contributed by atoms with E-state index < -0.39 is 0 Å². The van der Waals surface area contributed by atoms with Gasteiger partial charge in [0.2, 0.25) is 5.91 Å². The van der Waals surface area contributed by atoms with Gasteiger partial charge in [-0.3, -0.25) is 4.79 Å². The average Bonchev–Trinajstić information content (AvgIpc) is 3.12. The summed E-state index contributed by atoms with van der Waals surface area (Å²) >= 11 is 1.70. The largest absolute Gasteiger partial charge is 0.330 e. The molecule has 3 rings (SSSR count). The second kappa shape index (κ2) is 7.60. The number of anilines is 1. The Kier molecular flexibility index (Phi) is 6.00. The van der Waals surface area contributed by atoms with E-state index in [0.29, 0.717) is 18.4 Å². The highest BCUT2D eigenvalue weighted by Crippen LogP contribution is 2.33. The minimum Gasteiger partial charge on any atom is -0.330 e. The number of fused-ring (bicyclic) bond motifs is 1. The first-order valence-corrected chi connectivity index (χ1v) is 8.81. The van der Waals surface area contributed by atoms with Gasteiger partial charge >= 0.3 is 0 Å². The van der Waals surface area contributed by atoms with Gasteiger partial charge in [0.15, 0.2) is 0 Å². The molecule has 1 fully saturated rings. The van der Waals surface area contributed by atoms with Crippen molar-refractivity contribution >= 4 is 45.6 Å². The molecule has 126 valence electrons. The maximum Gasteiger partial charge on any atom is 0.227 e. The summed E-state index contributed by atoms with van der Waals surface area (Å²) in [5, 5.41) is 4.20. The second-order valence-electron chi connectivity index (χ2n) is 6.41. The van der Waals surface area contributed by atoms with Crippen molar-refractivity contribution in [2.45, 2.75) is 39.0 Å². The van der Waals surface area contributed by atoms with Gasteiger partial charge in [-0.05, 0) is 43.5 Å². The van der Waals surface area contributed by atoms with Gasteiger partial charge in [-0.25, -0.2) is 4.98 Å². The molecule has 0 aliphatic heterocycles. The Bertz CT molecular complexity index is 686. The van der Waals surface area contributed by atoms with Crippen LogP contribution in [0.4, 0.5) is 5.69 Å². The fourth-order valence-corrected chi connectivity index (χ4v) is 4.18. The Morgan fingerprint density at radius 2 is 2.22 bits per heavy atom. The Morgan fingerprint density at radius 3 is 2.91 bits per heavy atom. The number of rotatable bonds is 4. The minimum absolute atomic E-state index is 0. The molecule has 1 amide bonds. The maximum absolute atomic E-state index is 12.5. The molecule has 2 atom stereocenters. The van der Waals surface area contributed by atoms with Gasteiger partial charge < -0.3 is 11.1 Å². The number of hydrogen-bond acceptors (Lipinski definition) is 4. The van der Waals surface area contributed by atoms with Gasteiger partial charge in [-0.1, -0.05) is 20.3 Å². The van der Waals surface area contributed by atoms with Crippen molar-refractivity contribution in [3.05, 3.63) is 23.2 Å². The zero-order valence-electron chi connectivity index (χ0n) is 13.5. The van der Waals surface area contributed by atoms with Crippen LogP contribution in [-0.4, -0.2) is 17.4 Å². The van der Waals surface area contributed by atoms with Crippen LogP contribution in [0.2, 0.25) is 0 Å². The van der Waals surface area contributed by atoms with Crippen molar-refractivity contribution in [2.75, 3.05) is 11.9 Å². The summed E-state index contributed by atoms with van der Waals surface area (Å²) in [4.78, 5) is 17.1. The van der Waals surface area contributed by atoms with E-state index in [1.54, 1.807) is 11.3 Å². The first kappa shape index (κ1) is 18.2. The predicted octanol–water partition coefficient (Wildman–Crippen LogP) is 4.16. The number of nitrogens with two attached hydrogens (primary N) is 1. The number of amides is 1. The molecule has 1 aliphatic carbocycles. The van der Waals surface area contributed by atoms with Gasteiger partial charge in [0.1, 0.15) is 0 Å². The van der Waals surface area contributed by atoms with Crippen LogP contribution in [0.3, 0.4) is 0 Å². The number of thiazole rings is 1. The van der Waals surface area contributed by atoms with Gasteiger partial charge in [-0.2, -0.15) is 0 Å². The lowest BCUT2D eigenvalue weighted by Gasteiger charge is -2.17. The average molecular weight is 354 g/mol. The van der Waals surface area contributed by atoms with Gasteiger partial charge in [-0.15, -0.1) is 23.7 Å². The van der Waals surface area contributed by atoms with Crippen LogP contribution < -0.4 is 11.1 Å². The zero-order chi connectivity index (χ0) is 15.7. The minimum atomic E-state index is 0. The van der Waals surface area contributed by atoms with Crippen molar-refractivity contribution < 1.29 is 4.79 Å². The first-order chi connectivity index (χ1) is 10.6. The molecule has 0 bridgehead atoms. The van der Waals surface area contributed by atoms with E-state index in [2.05, 4.69) is 24.1 Å². The van der Waals surface area contributed by atoms with E-state index in [1.807, 2.05) is 18.2 Å². The molecule has 1 saturated carbocycles. The van der Waals surface area contributed by atoms with Crippen molar-refractivity contribution in [3.8, 4) is 0 Å². The fourth-order valence-electron chi connectivity index (χ4n) is 3.17. The monoisotopic (exact) mass is 353 g/mol. The van der Waals surface area contributed by atoms with E-state index in [0.717, 1.165) is 40.2 Å². The molecule has 1 aromatic carbocycles. The molecule has 1 aromatic heterocycles. The highest BCUT2D eigenvalue weighted by atomic mass is 35.5. The molecule has 0 spiro atoms. The maximum atomic E-state index is 12.5. The fraction of sp³-hybridized carbons (Fsp3) is 0.529. The number of aromatic nitrogens is 1. The lowest BCUT2D eigenvalue weighted by molar-refractivity contribution is -0.120. The normalized spacial score (nSPS) is 20.7. The third kappa shape index (κ3) is 3.84. The van der Waals surface area contributed by atoms with Crippen LogP contribution in [0.25, 0.3) is 10.2 Å². The molecule has 0 unspecified atom stereocenters. The summed E-state index contributed by atoms with van der Waals surface area (Å²) in [6.07, 6.45) is 3.12. The lowest BCUT2D eigenvalue weighted by Crippen LogP contribution is -2.29. The molecule has 3 N–H and O–H groups in total. The van der Waals surface area contributed by atoms with Crippen molar-refractivity contribution in [3.63, 3.8) is 0 Å². The van der Waals surface area contributed by atoms with E-state index >= 15 is 0 Å². The third-order valence-corrected chi connectivity index (χ3v) is 5.78. The first-order valence-electron chi connectivity index (χ1n) is 8.00. The molecule has 0 saturated heterocycles. The number of halogens is 1. The molecule has 1 aliphatic rings. The summed E-state index contributed by atoms with van der Waals surface area (Å²) in [6, 6.07) is 5.96. The van der Waals surface area contributed by atoms with Crippen LogP contribution in [0.5, 0.6) is 0 Å². The van der Waals surface area contributed by atoms with Gasteiger partial charge in [0.25, 0.3) is 0 Å². The summed E-state index contributed by atoms with van der Waals surface area (Å²) in [5.41, 5.74) is 7.64. The predicted molar refractivity (Wildman–Crippen MR) is 99.5 cm³/mol. The quantitative estimate of drug-likeness (QED) is 0.867. The van der Waals surface area contributed by atoms with Crippen LogP contribution in [-0.2, 0) is 4.79 Å². The molecule has 2 aromatic rings. The van der Waals surface area contributed by atoms with E-state index in [4.69, 9.17) is 5.73 Å². The number of nitrogens with zero attached hydrogens (tertiary/aromatic N) is 1. The van der Waals surface area contributed by atoms with Gasteiger partial charge in [0, 0.05) is 17.5 Å². The molecule has 6 heteroatoms. The SMILES string of the molecule is CC(C)c1nc2ccc(NC(=O)[C@@H]3CCC[C@@H]3CN)cc2s1.Cl. The standard InChI is InChI=1S/C17H23N3OS.ClH/c1-10(2)17-20-14-7-6-12(8-15(14)22-17)19-16(21)13-5-3-4-11(13)9-18;/h6-8,10-11,13H,3-5,9,18H2,1-2H3,(H,19,21);1H/t11-,13-;/m1./s1. The molecule has 0 radical (unpaired) electrons. The van der Waals surface area contributed by atoms with Crippen molar-refractivity contribution in [2.24, 2.45) is 17.6 Å². The van der Waals surface area contributed by atoms with E-state index in [1.165, 1.54) is 0 Å². The third-order valence-electron chi connectivity index (χ3n) is 4.47. The van der Waals surface area contributed by atoms with Crippen molar-refractivity contribution in [1.29, 1.82) is 0 Å². The molecule has 23 heavy (non-hydrogen) atoms. The smallest absolute Gasteiger partial charge is 0.227 e. The van der Waals surface area contributed by atoms with Gasteiger partial charge in [0.05, 0.1) is 15.2 Å².